The zero-order chi connectivity index (χ0) is 12.8. The van der Waals surface area contributed by atoms with Crippen LogP contribution in [0.4, 0.5) is 5.69 Å². The first kappa shape index (κ1) is 13.3. The lowest BCUT2D eigenvalue weighted by Gasteiger charge is -2.07. The van der Waals surface area contributed by atoms with E-state index in [4.69, 9.17) is 23.2 Å². The second-order valence-corrected chi connectivity index (χ2v) is 4.97. The largest absolute Gasteiger partial charge is 0.385 e. The molecule has 3 heteroatoms. The zero-order valence-corrected chi connectivity index (χ0v) is 11.5. The highest BCUT2D eigenvalue weighted by Gasteiger charge is 1.98. The summed E-state index contributed by atoms with van der Waals surface area (Å²) in [6, 6.07) is 15.7. The summed E-state index contributed by atoms with van der Waals surface area (Å²) in [5, 5.41) is 4.97. The quantitative estimate of drug-likeness (QED) is 0.757. The fraction of sp³-hybridized carbons (Fsp3) is 0.200. The van der Waals surface area contributed by atoms with Crippen LogP contribution in [-0.2, 0) is 6.42 Å². The fourth-order valence-electron chi connectivity index (χ4n) is 1.78. The van der Waals surface area contributed by atoms with Crippen molar-refractivity contribution in [3.8, 4) is 0 Å². The number of hydrogen-bond donors (Lipinski definition) is 1. The van der Waals surface area contributed by atoms with Crippen molar-refractivity contribution in [3.63, 3.8) is 0 Å². The topological polar surface area (TPSA) is 12.0 Å². The van der Waals surface area contributed by atoms with Crippen LogP contribution in [0.2, 0.25) is 10.0 Å². The van der Waals surface area contributed by atoms with Gasteiger partial charge in [-0.05, 0) is 48.7 Å². The molecule has 0 aliphatic carbocycles. The maximum absolute atomic E-state index is 6.10. The third-order valence-electron chi connectivity index (χ3n) is 2.75. The number of benzene rings is 2. The normalized spacial score (nSPS) is 10.3. The van der Waals surface area contributed by atoms with E-state index in [1.54, 1.807) is 0 Å². The van der Waals surface area contributed by atoms with Gasteiger partial charge in [0.1, 0.15) is 0 Å². The van der Waals surface area contributed by atoms with E-state index in [1.807, 2.05) is 42.5 Å². The molecule has 0 aliphatic heterocycles. The van der Waals surface area contributed by atoms with Gasteiger partial charge in [-0.15, -0.1) is 0 Å². The molecule has 1 N–H and O–H groups in total. The van der Waals surface area contributed by atoms with Gasteiger partial charge >= 0.3 is 0 Å². The summed E-state index contributed by atoms with van der Waals surface area (Å²) in [4.78, 5) is 0. The van der Waals surface area contributed by atoms with Crippen molar-refractivity contribution in [3.05, 3.63) is 64.1 Å². The van der Waals surface area contributed by atoms with Crippen LogP contribution in [0.3, 0.4) is 0 Å². The van der Waals surface area contributed by atoms with Crippen LogP contribution >= 0.6 is 23.2 Å². The minimum atomic E-state index is 0.761. The molecule has 0 radical (unpaired) electrons. The van der Waals surface area contributed by atoms with Crippen molar-refractivity contribution in [1.29, 1.82) is 0 Å². The predicted molar refractivity (Wildman–Crippen MR) is 79.7 cm³/mol. The molecule has 1 nitrogen and oxygen atoms in total. The minimum Gasteiger partial charge on any atom is -0.385 e. The molecule has 0 saturated heterocycles. The molecule has 0 amide bonds. The first-order chi connectivity index (χ1) is 8.75. The molecular weight excluding hydrogens is 265 g/mol. The van der Waals surface area contributed by atoms with E-state index >= 15 is 0 Å². The molecule has 2 rings (SSSR count). The van der Waals surface area contributed by atoms with Crippen molar-refractivity contribution in [1.82, 2.24) is 0 Å². The Hall–Kier alpha value is -1.18. The molecule has 0 spiro atoms. The van der Waals surface area contributed by atoms with E-state index in [0.29, 0.717) is 0 Å². The van der Waals surface area contributed by atoms with Gasteiger partial charge in [-0.1, -0.05) is 41.4 Å². The Morgan fingerprint density at radius 1 is 0.889 bits per heavy atom. The third-order valence-corrected chi connectivity index (χ3v) is 3.37. The minimum absolute atomic E-state index is 0.761. The van der Waals surface area contributed by atoms with Gasteiger partial charge in [0.15, 0.2) is 0 Å². The summed E-state index contributed by atoms with van der Waals surface area (Å²) in [6.45, 7) is 0.923. The second-order valence-electron chi connectivity index (χ2n) is 4.13. The molecule has 0 atom stereocenters. The van der Waals surface area contributed by atoms with E-state index in [1.165, 1.54) is 5.56 Å². The lowest BCUT2D eigenvalue weighted by molar-refractivity contribution is 0.863. The highest BCUT2D eigenvalue weighted by molar-refractivity contribution is 6.31. The van der Waals surface area contributed by atoms with Crippen molar-refractivity contribution < 1.29 is 0 Å². The van der Waals surface area contributed by atoms with Gasteiger partial charge in [-0.2, -0.15) is 0 Å². The van der Waals surface area contributed by atoms with E-state index in [-0.39, 0.29) is 0 Å². The van der Waals surface area contributed by atoms with Gasteiger partial charge < -0.3 is 5.32 Å². The fourth-order valence-corrected chi connectivity index (χ4v) is 2.14. The lowest BCUT2D eigenvalue weighted by Crippen LogP contribution is -2.02. The van der Waals surface area contributed by atoms with Crippen molar-refractivity contribution in [2.75, 3.05) is 11.9 Å². The zero-order valence-electron chi connectivity index (χ0n) is 10.00. The van der Waals surface area contributed by atoms with Crippen LogP contribution in [0.25, 0.3) is 0 Å². The van der Waals surface area contributed by atoms with Crippen LogP contribution in [-0.4, -0.2) is 6.54 Å². The average molecular weight is 280 g/mol. The molecule has 0 heterocycles. The van der Waals surface area contributed by atoms with Gasteiger partial charge in [0.2, 0.25) is 0 Å². The van der Waals surface area contributed by atoms with Gasteiger partial charge in [-0.25, -0.2) is 0 Å². The van der Waals surface area contributed by atoms with Crippen LogP contribution < -0.4 is 5.32 Å². The van der Waals surface area contributed by atoms with Crippen molar-refractivity contribution >= 4 is 28.9 Å². The predicted octanol–water partition coefficient (Wildman–Crippen LogP) is 5.04. The van der Waals surface area contributed by atoms with Gasteiger partial charge in [0, 0.05) is 22.3 Å². The Balaban J connectivity index is 1.76. The summed E-state index contributed by atoms with van der Waals surface area (Å²) >= 11 is 11.9. The smallest absolute Gasteiger partial charge is 0.0437 e. The average Bonchev–Trinajstić information content (AvgIpc) is 2.39. The van der Waals surface area contributed by atoms with Crippen LogP contribution in [0.5, 0.6) is 0 Å². The first-order valence-electron chi connectivity index (χ1n) is 5.98. The number of nitrogens with one attached hydrogen (secondary N) is 1. The Kier molecular flexibility index (Phi) is 4.91. The molecule has 0 unspecified atom stereocenters. The molecule has 0 saturated carbocycles. The standard InChI is InChI=1S/C15H15Cl2N/c16-13-7-9-14(10-8-13)18-11-3-5-12-4-1-2-6-15(12)17/h1-2,4,6-10,18H,3,5,11H2. The molecule has 2 aromatic rings. The third kappa shape index (κ3) is 3.94. The summed E-state index contributed by atoms with van der Waals surface area (Å²) in [6.07, 6.45) is 2.03. The second kappa shape index (κ2) is 6.67. The molecule has 0 aliphatic rings. The van der Waals surface area contributed by atoms with Gasteiger partial charge in [0.25, 0.3) is 0 Å². The maximum atomic E-state index is 6.10. The number of rotatable bonds is 5. The molecule has 0 fully saturated rings. The highest BCUT2D eigenvalue weighted by atomic mass is 35.5. The number of anilines is 1. The molecule has 94 valence electrons. The Labute approximate surface area is 118 Å². The SMILES string of the molecule is Clc1ccc(NCCCc2ccccc2Cl)cc1. The van der Waals surface area contributed by atoms with E-state index in [9.17, 15) is 0 Å². The molecular formula is C15H15Cl2N. The Morgan fingerprint density at radius 3 is 2.33 bits per heavy atom. The number of aryl methyl sites for hydroxylation is 1. The Morgan fingerprint density at radius 2 is 1.61 bits per heavy atom. The van der Waals surface area contributed by atoms with Crippen LogP contribution in [0, 0.1) is 0 Å². The summed E-state index contributed by atoms with van der Waals surface area (Å²) in [7, 11) is 0. The molecule has 0 bridgehead atoms. The maximum Gasteiger partial charge on any atom is 0.0437 e. The number of hydrogen-bond acceptors (Lipinski definition) is 1. The van der Waals surface area contributed by atoms with E-state index in [0.717, 1.165) is 35.1 Å². The van der Waals surface area contributed by atoms with E-state index in [2.05, 4.69) is 11.4 Å². The van der Waals surface area contributed by atoms with Gasteiger partial charge in [0.05, 0.1) is 0 Å². The van der Waals surface area contributed by atoms with E-state index < -0.39 is 0 Å². The molecule has 2 aromatic carbocycles. The molecule has 18 heavy (non-hydrogen) atoms. The first-order valence-corrected chi connectivity index (χ1v) is 6.74. The van der Waals surface area contributed by atoms with Gasteiger partial charge in [-0.3, -0.25) is 0 Å². The number of halogens is 2. The highest BCUT2D eigenvalue weighted by Crippen LogP contribution is 2.17. The lowest BCUT2D eigenvalue weighted by atomic mass is 10.1. The summed E-state index contributed by atoms with van der Waals surface area (Å²) < 4.78 is 0. The Bertz CT molecular complexity index is 494. The van der Waals surface area contributed by atoms with Crippen LogP contribution in [0.1, 0.15) is 12.0 Å². The van der Waals surface area contributed by atoms with Crippen molar-refractivity contribution in [2.45, 2.75) is 12.8 Å². The van der Waals surface area contributed by atoms with Crippen molar-refractivity contribution in [2.24, 2.45) is 0 Å². The molecule has 0 aromatic heterocycles. The monoisotopic (exact) mass is 279 g/mol. The summed E-state index contributed by atoms with van der Waals surface area (Å²) in [5.41, 5.74) is 2.30. The summed E-state index contributed by atoms with van der Waals surface area (Å²) in [5.74, 6) is 0. The van der Waals surface area contributed by atoms with Crippen LogP contribution in [0.15, 0.2) is 48.5 Å².